The minimum atomic E-state index is -0.117. The van der Waals surface area contributed by atoms with Gasteiger partial charge in [-0.15, -0.1) is 0 Å². The van der Waals surface area contributed by atoms with Crippen molar-refractivity contribution < 1.29 is 9.59 Å². The van der Waals surface area contributed by atoms with Crippen molar-refractivity contribution in [2.75, 3.05) is 16.8 Å². The van der Waals surface area contributed by atoms with E-state index < -0.39 is 0 Å². The lowest BCUT2D eigenvalue weighted by Gasteiger charge is -2.30. The van der Waals surface area contributed by atoms with Gasteiger partial charge in [0.25, 0.3) is 11.8 Å². The van der Waals surface area contributed by atoms with Gasteiger partial charge in [0.15, 0.2) is 0 Å². The molecule has 158 valence electrons. The number of aryl methyl sites for hydroxylation is 4. The number of amides is 2. The van der Waals surface area contributed by atoms with Gasteiger partial charge in [0.2, 0.25) is 0 Å². The molecule has 1 N–H and O–H groups in total. The smallest absolute Gasteiger partial charge is 0.258 e. The molecule has 1 aliphatic rings. The van der Waals surface area contributed by atoms with Crippen LogP contribution in [0.15, 0.2) is 60.7 Å². The van der Waals surface area contributed by atoms with Crippen LogP contribution in [0.4, 0.5) is 11.4 Å². The van der Waals surface area contributed by atoms with Gasteiger partial charge in [-0.25, -0.2) is 0 Å². The summed E-state index contributed by atoms with van der Waals surface area (Å²) in [6.45, 7) is 6.78. The number of carbonyl (C=O) groups excluding carboxylic acids is 2. The van der Waals surface area contributed by atoms with Gasteiger partial charge in [0.05, 0.1) is 0 Å². The van der Waals surface area contributed by atoms with Crippen LogP contribution < -0.4 is 10.2 Å². The van der Waals surface area contributed by atoms with Crippen LogP contribution in [-0.2, 0) is 12.8 Å². The average Bonchev–Trinajstić information content (AvgIpc) is 2.79. The Kier molecular flexibility index (Phi) is 5.90. The van der Waals surface area contributed by atoms with Gasteiger partial charge < -0.3 is 10.2 Å². The van der Waals surface area contributed by atoms with Gasteiger partial charge in [0, 0.05) is 29.0 Å². The lowest BCUT2D eigenvalue weighted by Crippen LogP contribution is -2.35. The number of fused-ring (bicyclic) bond motifs is 1. The number of nitrogens with zero attached hydrogens (tertiary/aromatic N) is 1. The zero-order valence-electron chi connectivity index (χ0n) is 18.4. The van der Waals surface area contributed by atoms with Crippen molar-refractivity contribution in [2.45, 2.75) is 40.0 Å². The maximum absolute atomic E-state index is 13.1. The monoisotopic (exact) mass is 412 g/mol. The Morgan fingerprint density at radius 3 is 2.55 bits per heavy atom. The Hall–Kier alpha value is -3.40. The first-order valence-corrected chi connectivity index (χ1v) is 10.9. The highest BCUT2D eigenvalue weighted by atomic mass is 16.2. The molecule has 0 saturated carbocycles. The maximum atomic E-state index is 13.1. The SMILES string of the molecule is CCc1cccc(C)c1NC(=O)c1ccc2c(c1)CCCN2C(=O)c1cccc(C)c1. The third kappa shape index (κ3) is 4.24. The molecule has 1 aliphatic heterocycles. The molecule has 0 aliphatic carbocycles. The summed E-state index contributed by atoms with van der Waals surface area (Å²) in [6, 6.07) is 19.4. The van der Waals surface area contributed by atoms with Crippen molar-refractivity contribution >= 4 is 23.2 Å². The van der Waals surface area contributed by atoms with Gasteiger partial charge in [0.1, 0.15) is 0 Å². The fourth-order valence-electron chi connectivity index (χ4n) is 4.27. The molecule has 0 fully saturated rings. The molecule has 0 radical (unpaired) electrons. The number of rotatable bonds is 4. The quantitative estimate of drug-likeness (QED) is 0.597. The minimum Gasteiger partial charge on any atom is -0.321 e. The van der Waals surface area contributed by atoms with Gasteiger partial charge in [-0.05, 0) is 80.1 Å². The molecular formula is C27H28N2O2. The van der Waals surface area contributed by atoms with E-state index >= 15 is 0 Å². The van der Waals surface area contributed by atoms with Crippen LogP contribution in [0, 0.1) is 13.8 Å². The normalized spacial score (nSPS) is 12.9. The van der Waals surface area contributed by atoms with Crippen molar-refractivity contribution in [2.24, 2.45) is 0 Å². The second-order valence-electron chi connectivity index (χ2n) is 8.19. The lowest BCUT2D eigenvalue weighted by molar-refractivity contribution is 0.0984. The van der Waals surface area contributed by atoms with Gasteiger partial charge in [-0.1, -0.05) is 42.8 Å². The second-order valence-corrected chi connectivity index (χ2v) is 8.19. The molecule has 0 saturated heterocycles. The first-order valence-electron chi connectivity index (χ1n) is 10.9. The van der Waals surface area contributed by atoms with E-state index in [9.17, 15) is 9.59 Å². The van der Waals surface area contributed by atoms with E-state index in [4.69, 9.17) is 0 Å². The molecule has 0 unspecified atom stereocenters. The van der Waals surface area contributed by atoms with Crippen LogP contribution in [-0.4, -0.2) is 18.4 Å². The van der Waals surface area contributed by atoms with Crippen LogP contribution in [0.25, 0.3) is 0 Å². The summed E-state index contributed by atoms with van der Waals surface area (Å²) in [5.74, 6) is -0.108. The molecular weight excluding hydrogens is 384 g/mol. The fourth-order valence-corrected chi connectivity index (χ4v) is 4.27. The summed E-state index contributed by atoms with van der Waals surface area (Å²) in [4.78, 5) is 28.0. The first-order chi connectivity index (χ1) is 15.0. The standard InChI is InChI=1S/C27H28N2O2/c1-4-20-10-6-9-19(3)25(20)28-26(30)22-13-14-24-21(17-22)12-7-15-29(24)27(31)23-11-5-8-18(2)16-23/h5-6,8-11,13-14,16-17H,4,7,12,15H2,1-3H3,(H,28,30). The zero-order valence-corrected chi connectivity index (χ0v) is 18.4. The number of para-hydroxylation sites is 1. The predicted octanol–water partition coefficient (Wildman–Crippen LogP) is 5.71. The van der Waals surface area contributed by atoms with Crippen LogP contribution in [0.3, 0.4) is 0 Å². The van der Waals surface area contributed by atoms with Crippen molar-refractivity contribution in [1.29, 1.82) is 0 Å². The second kappa shape index (κ2) is 8.76. The highest BCUT2D eigenvalue weighted by Crippen LogP contribution is 2.30. The molecule has 2 amide bonds. The van der Waals surface area contributed by atoms with E-state index in [1.807, 2.05) is 79.4 Å². The highest BCUT2D eigenvalue weighted by Gasteiger charge is 2.24. The van der Waals surface area contributed by atoms with Crippen LogP contribution in [0.5, 0.6) is 0 Å². The van der Waals surface area contributed by atoms with Gasteiger partial charge in [-0.2, -0.15) is 0 Å². The van der Waals surface area contributed by atoms with E-state index in [0.717, 1.165) is 52.9 Å². The summed E-state index contributed by atoms with van der Waals surface area (Å²) in [7, 11) is 0. The summed E-state index contributed by atoms with van der Waals surface area (Å²) >= 11 is 0. The average molecular weight is 413 g/mol. The molecule has 3 aromatic carbocycles. The Balaban J connectivity index is 1.60. The molecule has 31 heavy (non-hydrogen) atoms. The predicted molar refractivity (Wildman–Crippen MR) is 126 cm³/mol. The molecule has 4 nitrogen and oxygen atoms in total. The number of benzene rings is 3. The van der Waals surface area contributed by atoms with Crippen molar-refractivity contribution in [3.05, 3.63) is 94.0 Å². The third-order valence-electron chi connectivity index (χ3n) is 5.95. The number of hydrogen-bond donors (Lipinski definition) is 1. The Labute approximate surface area is 183 Å². The number of carbonyl (C=O) groups is 2. The highest BCUT2D eigenvalue weighted by molar-refractivity contribution is 6.08. The minimum absolute atomic E-state index is 0.00866. The van der Waals surface area contributed by atoms with Crippen LogP contribution in [0.1, 0.15) is 56.3 Å². The Morgan fingerprint density at radius 2 is 1.77 bits per heavy atom. The summed E-state index contributed by atoms with van der Waals surface area (Å²) < 4.78 is 0. The molecule has 1 heterocycles. The summed E-state index contributed by atoms with van der Waals surface area (Å²) in [5.41, 5.74) is 7.40. The summed E-state index contributed by atoms with van der Waals surface area (Å²) in [5, 5.41) is 3.10. The van der Waals surface area contributed by atoms with E-state index in [1.165, 1.54) is 0 Å². The van der Waals surface area contributed by atoms with E-state index in [2.05, 4.69) is 12.2 Å². The zero-order chi connectivity index (χ0) is 22.0. The number of hydrogen-bond acceptors (Lipinski definition) is 2. The molecule has 4 rings (SSSR count). The Morgan fingerprint density at radius 1 is 0.968 bits per heavy atom. The molecule has 3 aromatic rings. The molecule has 0 atom stereocenters. The van der Waals surface area contributed by atoms with E-state index in [1.54, 1.807) is 0 Å². The largest absolute Gasteiger partial charge is 0.321 e. The van der Waals surface area contributed by atoms with E-state index in [0.29, 0.717) is 17.7 Å². The summed E-state index contributed by atoms with van der Waals surface area (Å²) in [6.07, 6.45) is 2.60. The topological polar surface area (TPSA) is 49.4 Å². The molecule has 0 spiro atoms. The maximum Gasteiger partial charge on any atom is 0.258 e. The van der Waals surface area contributed by atoms with Crippen molar-refractivity contribution in [3.63, 3.8) is 0 Å². The van der Waals surface area contributed by atoms with Gasteiger partial charge >= 0.3 is 0 Å². The van der Waals surface area contributed by atoms with Crippen LogP contribution in [0.2, 0.25) is 0 Å². The van der Waals surface area contributed by atoms with Crippen LogP contribution >= 0.6 is 0 Å². The Bertz CT molecular complexity index is 1150. The molecule has 4 heteroatoms. The number of anilines is 2. The lowest BCUT2D eigenvalue weighted by atomic mass is 9.97. The van der Waals surface area contributed by atoms with Crippen molar-refractivity contribution in [1.82, 2.24) is 0 Å². The van der Waals surface area contributed by atoms with Gasteiger partial charge in [-0.3, -0.25) is 9.59 Å². The first kappa shape index (κ1) is 20.9. The molecule has 0 bridgehead atoms. The van der Waals surface area contributed by atoms with Crippen molar-refractivity contribution in [3.8, 4) is 0 Å². The fraction of sp³-hybridized carbons (Fsp3) is 0.259. The van der Waals surface area contributed by atoms with E-state index in [-0.39, 0.29) is 11.8 Å². The number of nitrogens with one attached hydrogen (secondary N) is 1. The molecule has 0 aromatic heterocycles. The third-order valence-corrected chi connectivity index (χ3v) is 5.95.